The van der Waals surface area contributed by atoms with Crippen LogP contribution >= 0.6 is 0 Å². The first-order chi connectivity index (χ1) is 7.36. The van der Waals surface area contributed by atoms with E-state index in [-0.39, 0.29) is 0 Å². The van der Waals surface area contributed by atoms with Gasteiger partial charge in [0.1, 0.15) is 0 Å². The van der Waals surface area contributed by atoms with E-state index in [9.17, 15) is 4.79 Å². The van der Waals surface area contributed by atoms with Crippen LogP contribution in [-0.2, 0) is 4.79 Å². The van der Waals surface area contributed by atoms with E-state index in [0.717, 1.165) is 38.9 Å². The lowest BCUT2D eigenvalue weighted by Gasteiger charge is -2.37. The number of piperidine rings is 1. The maximum absolute atomic E-state index is 11.9. The van der Waals surface area contributed by atoms with Crippen molar-refractivity contribution >= 4 is 5.91 Å². The zero-order valence-corrected chi connectivity index (χ0v) is 9.11. The minimum Gasteiger partial charge on any atom is -0.317 e. The van der Waals surface area contributed by atoms with E-state index >= 15 is 0 Å². The zero-order valence-electron chi connectivity index (χ0n) is 9.11. The molecule has 3 aliphatic rings. The van der Waals surface area contributed by atoms with Gasteiger partial charge in [-0.15, -0.1) is 0 Å². The van der Waals surface area contributed by atoms with Crippen LogP contribution in [0.5, 0.6) is 0 Å². The first kappa shape index (κ1) is 9.60. The molecule has 4 heteroatoms. The van der Waals surface area contributed by atoms with Crippen LogP contribution in [0.4, 0.5) is 0 Å². The second-order valence-electron chi connectivity index (χ2n) is 4.86. The molecule has 0 spiro atoms. The molecular formula is C11H19N3O. The summed E-state index contributed by atoms with van der Waals surface area (Å²) in [6.45, 7) is 3.09. The van der Waals surface area contributed by atoms with Gasteiger partial charge in [0.15, 0.2) is 0 Å². The van der Waals surface area contributed by atoms with Crippen molar-refractivity contribution in [1.82, 2.24) is 15.3 Å². The Morgan fingerprint density at radius 1 is 1.07 bits per heavy atom. The standard InChI is InChI=1S/C11H19N3O/c15-11-5-8-13(9-1-2-9)14(11)10-3-6-12-7-4-10/h9-10,12H,1-8H2. The third-order valence-corrected chi connectivity index (χ3v) is 3.71. The topological polar surface area (TPSA) is 35.6 Å². The van der Waals surface area contributed by atoms with Crippen molar-refractivity contribution in [2.45, 2.75) is 44.2 Å². The largest absolute Gasteiger partial charge is 0.317 e. The third kappa shape index (κ3) is 1.76. The number of hydrazine groups is 1. The molecule has 0 aromatic heterocycles. The molecule has 15 heavy (non-hydrogen) atoms. The molecule has 0 unspecified atom stereocenters. The number of rotatable bonds is 2. The average molecular weight is 209 g/mol. The Bertz CT molecular complexity index is 259. The van der Waals surface area contributed by atoms with Crippen molar-refractivity contribution in [1.29, 1.82) is 0 Å². The predicted octanol–water partition coefficient (Wildman–Crippen LogP) is 0.350. The molecule has 0 radical (unpaired) electrons. The van der Waals surface area contributed by atoms with Crippen LogP contribution in [0.3, 0.4) is 0 Å². The lowest BCUT2D eigenvalue weighted by molar-refractivity contribution is -0.144. The van der Waals surface area contributed by atoms with Gasteiger partial charge < -0.3 is 5.32 Å². The van der Waals surface area contributed by atoms with Crippen LogP contribution in [-0.4, -0.2) is 47.6 Å². The van der Waals surface area contributed by atoms with Gasteiger partial charge in [0.05, 0.1) is 6.04 Å². The van der Waals surface area contributed by atoms with Crippen LogP contribution in [0.25, 0.3) is 0 Å². The zero-order chi connectivity index (χ0) is 10.3. The van der Waals surface area contributed by atoms with Crippen LogP contribution in [0.15, 0.2) is 0 Å². The van der Waals surface area contributed by atoms with Gasteiger partial charge in [-0.25, -0.2) is 5.01 Å². The van der Waals surface area contributed by atoms with Crippen molar-refractivity contribution in [3.05, 3.63) is 0 Å². The molecule has 4 nitrogen and oxygen atoms in total. The van der Waals surface area contributed by atoms with Crippen LogP contribution in [0, 0.1) is 0 Å². The summed E-state index contributed by atoms with van der Waals surface area (Å²) < 4.78 is 0. The maximum atomic E-state index is 11.9. The highest BCUT2D eigenvalue weighted by atomic mass is 16.2. The first-order valence-corrected chi connectivity index (χ1v) is 6.15. The minimum absolute atomic E-state index is 0.355. The molecule has 3 fully saturated rings. The molecule has 1 aliphatic carbocycles. The minimum atomic E-state index is 0.355. The quantitative estimate of drug-likeness (QED) is 0.713. The van der Waals surface area contributed by atoms with Gasteiger partial charge in [0.2, 0.25) is 5.91 Å². The number of nitrogens with one attached hydrogen (secondary N) is 1. The summed E-state index contributed by atoms with van der Waals surface area (Å²) in [6, 6.07) is 1.16. The van der Waals surface area contributed by atoms with E-state index in [2.05, 4.69) is 15.3 Å². The number of amides is 1. The van der Waals surface area contributed by atoms with Crippen molar-refractivity contribution < 1.29 is 4.79 Å². The Kier molecular flexibility index (Phi) is 2.41. The van der Waals surface area contributed by atoms with Gasteiger partial charge in [0, 0.05) is 19.0 Å². The third-order valence-electron chi connectivity index (χ3n) is 3.71. The highest BCUT2D eigenvalue weighted by Crippen LogP contribution is 2.33. The Morgan fingerprint density at radius 2 is 1.80 bits per heavy atom. The van der Waals surface area contributed by atoms with E-state index in [1.54, 1.807) is 0 Å². The molecule has 1 amide bonds. The van der Waals surface area contributed by atoms with Crippen LogP contribution in [0.2, 0.25) is 0 Å². The Hall–Kier alpha value is -0.610. The molecule has 1 saturated carbocycles. The van der Waals surface area contributed by atoms with Crippen molar-refractivity contribution in [3.63, 3.8) is 0 Å². The Morgan fingerprint density at radius 3 is 2.47 bits per heavy atom. The smallest absolute Gasteiger partial charge is 0.238 e. The molecule has 2 heterocycles. The summed E-state index contributed by atoms with van der Waals surface area (Å²) in [5, 5.41) is 7.80. The number of carbonyl (C=O) groups is 1. The fourth-order valence-corrected chi connectivity index (χ4v) is 2.77. The monoisotopic (exact) mass is 209 g/mol. The summed E-state index contributed by atoms with van der Waals surface area (Å²) >= 11 is 0. The number of nitrogens with zero attached hydrogens (tertiary/aromatic N) is 2. The Labute approximate surface area is 90.6 Å². The van der Waals surface area contributed by atoms with Crippen LogP contribution in [0.1, 0.15) is 32.1 Å². The maximum Gasteiger partial charge on any atom is 0.238 e. The molecule has 0 aromatic carbocycles. The second kappa shape index (κ2) is 3.76. The lowest BCUT2D eigenvalue weighted by atomic mass is 10.1. The van der Waals surface area contributed by atoms with Crippen LogP contribution < -0.4 is 5.32 Å². The molecular weight excluding hydrogens is 190 g/mol. The van der Waals surface area contributed by atoms with E-state index in [1.807, 2.05) is 0 Å². The molecule has 84 valence electrons. The van der Waals surface area contributed by atoms with Gasteiger partial charge in [-0.1, -0.05) is 0 Å². The molecule has 0 bridgehead atoms. The van der Waals surface area contributed by atoms with E-state index in [4.69, 9.17) is 0 Å². The first-order valence-electron chi connectivity index (χ1n) is 6.15. The summed E-state index contributed by atoms with van der Waals surface area (Å²) in [5.41, 5.74) is 0. The number of hydrogen-bond donors (Lipinski definition) is 1. The normalized spacial score (nSPS) is 30.1. The van der Waals surface area contributed by atoms with Gasteiger partial charge in [-0.05, 0) is 38.8 Å². The summed E-state index contributed by atoms with van der Waals surface area (Å²) in [6.07, 6.45) is 5.55. The fraction of sp³-hybridized carbons (Fsp3) is 0.909. The molecule has 0 aromatic rings. The summed E-state index contributed by atoms with van der Waals surface area (Å²) in [5.74, 6) is 0.355. The fourth-order valence-electron chi connectivity index (χ4n) is 2.77. The van der Waals surface area contributed by atoms with E-state index in [1.165, 1.54) is 12.8 Å². The highest BCUT2D eigenvalue weighted by molar-refractivity contribution is 5.78. The number of hydrogen-bond acceptors (Lipinski definition) is 3. The van der Waals surface area contributed by atoms with E-state index < -0.39 is 0 Å². The van der Waals surface area contributed by atoms with E-state index in [0.29, 0.717) is 18.0 Å². The van der Waals surface area contributed by atoms with Crippen molar-refractivity contribution in [2.24, 2.45) is 0 Å². The number of carbonyl (C=O) groups excluding carboxylic acids is 1. The van der Waals surface area contributed by atoms with Gasteiger partial charge in [-0.3, -0.25) is 9.80 Å². The molecule has 3 rings (SSSR count). The van der Waals surface area contributed by atoms with Gasteiger partial charge >= 0.3 is 0 Å². The molecule has 1 N–H and O–H groups in total. The lowest BCUT2D eigenvalue weighted by Crippen LogP contribution is -2.51. The van der Waals surface area contributed by atoms with Crippen molar-refractivity contribution in [2.75, 3.05) is 19.6 Å². The average Bonchev–Trinajstić information content (AvgIpc) is 3.04. The summed E-state index contributed by atoms with van der Waals surface area (Å²) in [4.78, 5) is 11.9. The molecule has 2 aliphatic heterocycles. The van der Waals surface area contributed by atoms with Gasteiger partial charge in [-0.2, -0.15) is 0 Å². The summed E-state index contributed by atoms with van der Waals surface area (Å²) in [7, 11) is 0. The Balaban J connectivity index is 1.72. The van der Waals surface area contributed by atoms with Gasteiger partial charge in [0.25, 0.3) is 0 Å². The molecule has 0 atom stereocenters. The highest BCUT2D eigenvalue weighted by Gasteiger charge is 2.42. The second-order valence-corrected chi connectivity index (χ2v) is 4.86. The molecule has 2 saturated heterocycles. The SMILES string of the molecule is O=C1CCN(C2CC2)N1C1CCNCC1. The van der Waals surface area contributed by atoms with Crippen molar-refractivity contribution in [3.8, 4) is 0 Å². The predicted molar refractivity (Wildman–Crippen MR) is 57.1 cm³/mol.